The van der Waals surface area contributed by atoms with Gasteiger partial charge >= 0.3 is 11.7 Å². The maximum atomic E-state index is 12.0. The van der Waals surface area contributed by atoms with E-state index < -0.39 is 10.7 Å². The average Bonchev–Trinajstić information content (AvgIpc) is 3.22. The minimum atomic E-state index is -0.559. The summed E-state index contributed by atoms with van der Waals surface area (Å²) in [5, 5.41) is 12.0. The van der Waals surface area contributed by atoms with Crippen molar-refractivity contribution in [3.05, 3.63) is 16.4 Å². The minimum Gasteiger partial charge on any atom is -0.466 e. The number of rotatable bonds is 5. The van der Waals surface area contributed by atoms with Crippen LogP contribution in [0.25, 0.3) is 0 Å². The molecule has 30 heavy (non-hydrogen) atoms. The first kappa shape index (κ1) is 20.7. The fourth-order valence-electron chi connectivity index (χ4n) is 4.42. The molecule has 0 aromatic carbocycles. The highest BCUT2D eigenvalue weighted by atomic mass is 16.7. The Morgan fingerprint density at radius 1 is 1.17 bits per heavy atom. The van der Waals surface area contributed by atoms with E-state index in [9.17, 15) is 14.9 Å². The Balaban J connectivity index is 1.50. The van der Waals surface area contributed by atoms with Gasteiger partial charge < -0.3 is 24.0 Å². The fourth-order valence-corrected chi connectivity index (χ4v) is 4.42. The van der Waals surface area contributed by atoms with Crippen LogP contribution < -0.4 is 9.80 Å². The molecule has 0 saturated carbocycles. The molecule has 164 valence electrons. The molecule has 0 N–H and O–H groups in total. The lowest BCUT2D eigenvalue weighted by Crippen LogP contribution is -2.45. The van der Waals surface area contributed by atoms with Crippen LogP contribution in [0.1, 0.15) is 32.6 Å². The van der Waals surface area contributed by atoms with Crippen molar-refractivity contribution in [2.24, 2.45) is 5.92 Å². The molecule has 3 fully saturated rings. The molecule has 0 bridgehead atoms. The largest absolute Gasteiger partial charge is 0.466 e. The van der Waals surface area contributed by atoms with Gasteiger partial charge in [0, 0.05) is 39.0 Å². The summed E-state index contributed by atoms with van der Waals surface area (Å²) >= 11 is 0. The molecule has 0 amide bonds. The van der Waals surface area contributed by atoms with Crippen molar-refractivity contribution in [3.63, 3.8) is 0 Å². The Bertz CT molecular complexity index is 782. The van der Waals surface area contributed by atoms with Crippen molar-refractivity contribution in [2.75, 3.05) is 55.8 Å². The summed E-state index contributed by atoms with van der Waals surface area (Å²) in [6.07, 6.45) is 3.80. The second-order valence-corrected chi connectivity index (χ2v) is 7.73. The van der Waals surface area contributed by atoms with E-state index in [0.29, 0.717) is 83.3 Å². The zero-order chi connectivity index (χ0) is 21.1. The van der Waals surface area contributed by atoms with E-state index in [2.05, 4.69) is 9.97 Å². The van der Waals surface area contributed by atoms with Crippen molar-refractivity contribution in [1.29, 1.82) is 0 Å². The Labute approximate surface area is 174 Å². The maximum absolute atomic E-state index is 12.0. The van der Waals surface area contributed by atoms with E-state index in [4.69, 9.17) is 14.2 Å². The van der Waals surface area contributed by atoms with Crippen molar-refractivity contribution in [1.82, 2.24) is 9.97 Å². The van der Waals surface area contributed by atoms with Crippen LogP contribution in [0.3, 0.4) is 0 Å². The van der Waals surface area contributed by atoms with Gasteiger partial charge in [0.2, 0.25) is 11.6 Å². The summed E-state index contributed by atoms with van der Waals surface area (Å²) < 4.78 is 16.6. The third kappa shape index (κ3) is 4.04. The Morgan fingerprint density at radius 2 is 1.73 bits per heavy atom. The van der Waals surface area contributed by atoms with Crippen LogP contribution in [0.2, 0.25) is 0 Å². The summed E-state index contributed by atoms with van der Waals surface area (Å²) in [4.78, 5) is 35.8. The van der Waals surface area contributed by atoms with E-state index in [1.54, 1.807) is 6.92 Å². The first-order valence-corrected chi connectivity index (χ1v) is 10.5. The molecule has 0 aliphatic carbocycles. The van der Waals surface area contributed by atoms with Crippen molar-refractivity contribution >= 4 is 23.3 Å². The van der Waals surface area contributed by atoms with Gasteiger partial charge in [-0.2, -0.15) is 0 Å². The van der Waals surface area contributed by atoms with E-state index in [1.165, 1.54) is 6.33 Å². The second-order valence-electron chi connectivity index (χ2n) is 7.73. The molecule has 4 rings (SSSR count). The molecule has 11 heteroatoms. The van der Waals surface area contributed by atoms with Gasteiger partial charge in [0.1, 0.15) is 6.33 Å². The number of piperidine rings is 2. The summed E-state index contributed by atoms with van der Waals surface area (Å²) in [5.74, 6) is -0.304. The molecule has 0 radical (unpaired) electrons. The van der Waals surface area contributed by atoms with Gasteiger partial charge in [-0.15, -0.1) is 0 Å². The lowest BCUT2D eigenvalue weighted by molar-refractivity contribution is -0.383. The Hall–Kier alpha value is -2.53. The number of hydrogen-bond donors (Lipinski definition) is 0. The third-order valence-electron chi connectivity index (χ3n) is 6.02. The SMILES string of the molecule is CCOC(=O)C1CCN(c2ncnc(N3CCC4(CC3)OCCO4)c2[N+](=O)[O-])CC1. The molecule has 3 aliphatic heterocycles. The summed E-state index contributed by atoms with van der Waals surface area (Å²) in [6, 6.07) is 0. The van der Waals surface area contributed by atoms with E-state index >= 15 is 0 Å². The van der Waals surface area contributed by atoms with Crippen LogP contribution in [0, 0.1) is 16.0 Å². The highest BCUT2D eigenvalue weighted by Crippen LogP contribution is 2.39. The zero-order valence-corrected chi connectivity index (χ0v) is 17.1. The molecule has 0 atom stereocenters. The lowest BCUT2D eigenvalue weighted by Gasteiger charge is -2.38. The lowest BCUT2D eigenvalue weighted by atomic mass is 9.97. The van der Waals surface area contributed by atoms with Gasteiger partial charge in [-0.1, -0.05) is 0 Å². The number of hydrogen-bond acceptors (Lipinski definition) is 10. The zero-order valence-electron chi connectivity index (χ0n) is 17.1. The smallest absolute Gasteiger partial charge is 0.353 e. The quantitative estimate of drug-likeness (QED) is 0.393. The summed E-state index contributed by atoms with van der Waals surface area (Å²) in [5.41, 5.74) is -0.0868. The standard InChI is InChI=1S/C19H27N5O6/c1-2-28-18(25)14-3-7-22(8-4-14)16-15(24(26)27)17(21-13-20-16)23-9-5-19(6-10-23)29-11-12-30-19/h13-14H,2-12H2,1H3. The number of nitrogens with zero attached hydrogens (tertiary/aromatic N) is 5. The van der Waals surface area contributed by atoms with Gasteiger partial charge in [-0.05, 0) is 19.8 Å². The van der Waals surface area contributed by atoms with E-state index in [-0.39, 0.29) is 17.6 Å². The molecular formula is C19H27N5O6. The molecule has 1 spiro atoms. The topological polar surface area (TPSA) is 120 Å². The third-order valence-corrected chi connectivity index (χ3v) is 6.02. The van der Waals surface area contributed by atoms with Crippen LogP contribution in [-0.2, 0) is 19.0 Å². The molecule has 11 nitrogen and oxygen atoms in total. The number of carbonyl (C=O) groups excluding carboxylic acids is 1. The number of aromatic nitrogens is 2. The van der Waals surface area contributed by atoms with E-state index in [0.717, 1.165) is 0 Å². The van der Waals surface area contributed by atoms with Crippen LogP contribution in [0.5, 0.6) is 0 Å². The molecule has 0 unspecified atom stereocenters. The van der Waals surface area contributed by atoms with Crippen LogP contribution >= 0.6 is 0 Å². The van der Waals surface area contributed by atoms with Gasteiger partial charge in [0.05, 0.1) is 30.7 Å². The van der Waals surface area contributed by atoms with Gasteiger partial charge in [0.25, 0.3) is 0 Å². The maximum Gasteiger partial charge on any atom is 0.353 e. The average molecular weight is 421 g/mol. The number of esters is 1. The van der Waals surface area contributed by atoms with E-state index in [1.807, 2.05) is 9.80 Å². The van der Waals surface area contributed by atoms with Gasteiger partial charge in [-0.25, -0.2) is 9.97 Å². The Kier molecular flexibility index (Phi) is 6.00. The first-order valence-electron chi connectivity index (χ1n) is 10.5. The van der Waals surface area contributed by atoms with Gasteiger partial charge in [-0.3, -0.25) is 14.9 Å². The molecular weight excluding hydrogens is 394 g/mol. The molecule has 4 heterocycles. The number of carbonyl (C=O) groups is 1. The number of nitro groups is 1. The van der Waals surface area contributed by atoms with Gasteiger partial charge in [0.15, 0.2) is 5.79 Å². The normalized spacial score (nSPS) is 21.8. The molecule has 1 aromatic rings. The van der Waals surface area contributed by atoms with Crippen LogP contribution in [-0.4, -0.2) is 72.6 Å². The Morgan fingerprint density at radius 3 is 2.27 bits per heavy atom. The molecule has 3 saturated heterocycles. The fraction of sp³-hybridized carbons (Fsp3) is 0.737. The molecule has 3 aliphatic rings. The minimum absolute atomic E-state index is 0.0868. The van der Waals surface area contributed by atoms with Crippen molar-refractivity contribution < 1.29 is 23.9 Å². The number of anilines is 2. The summed E-state index contributed by atoms with van der Waals surface area (Å²) in [6.45, 7) is 5.43. The monoisotopic (exact) mass is 421 g/mol. The predicted octanol–water partition coefficient (Wildman–Crippen LogP) is 1.51. The summed E-state index contributed by atoms with van der Waals surface area (Å²) in [7, 11) is 0. The van der Waals surface area contributed by atoms with Crippen LogP contribution in [0.15, 0.2) is 6.33 Å². The number of ether oxygens (including phenoxy) is 3. The predicted molar refractivity (Wildman–Crippen MR) is 106 cm³/mol. The second kappa shape index (κ2) is 8.68. The highest BCUT2D eigenvalue weighted by molar-refractivity contribution is 5.74. The molecule has 1 aromatic heterocycles. The van der Waals surface area contributed by atoms with Crippen LogP contribution in [0.4, 0.5) is 17.3 Å². The van der Waals surface area contributed by atoms with Crippen molar-refractivity contribution in [2.45, 2.75) is 38.4 Å². The van der Waals surface area contributed by atoms with Crippen molar-refractivity contribution in [3.8, 4) is 0 Å². The highest BCUT2D eigenvalue weighted by Gasteiger charge is 2.42. The first-order chi connectivity index (χ1) is 14.5.